The molecule has 1 aliphatic rings. The van der Waals surface area contributed by atoms with Gasteiger partial charge in [0.1, 0.15) is 5.75 Å². The van der Waals surface area contributed by atoms with Gasteiger partial charge < -0.3 is 10.1 Å². The quantitative estimate of drug-likeness (QED) is 0.703. The zero-order valence-electron chi connectivity index (χ0n) is 16.1. The minimum Gasteiger partial charge on any atom is -0.491 e. The Morgan fingerprint density at radius 3 is 2.43 bits per heavy atom. The third-order valence-corrected chi connectivity index (χ3v) is 4.43. The van der Waals surface area contributed by atoms with Crippen LogP contribution in [0.1, 0.15) is 42.1 Å². The maximum atomic E-state index is 13.1. The van der Waals surface area contributed by atoms with Gasteiger partial charge in [-0.2, -0.15) is 13.2 Å². The van der Waals surface area contributed by atoms with E-state index < -0.39 is 17.6 Å². The minimum atomic E-state index is -4.58. The van der Waals surface area contributed by atoms with Crippen molar-refractivity contribution in [2.45, 2.75) is 32.4 Å². The summed E-state index contributed by atoms with van der Waals surface area (Å²) in [6.45, 7) is 2.11. The third kappa shape index (κ3) is 4.61. The molecule has 0 bridgehead atoms. The van der Waals surface area contributed by atoms with E-state index in [1.807, 2.05) is 6.92 Å². The van der Waals surface area contributed by atoms with E-state index in [4.69, 9.17) is 4.74 Å². The highest BCUT2D eigenvalue weighted by molar-refractivity contribution is 6.20. The van der Waals surface area contributed by atoms with Crippen molar-refractivity contribution in [3.05, 3.63) is 53.6 Å². The van der Waals surface area contributed by atoms with Crippen molar-refractivity contribution in [1.82, 2.24) is 0 Å². The minimum absolute atomic E-state index is 0.0823. The van der Waals surface area contributed by atoms with E-state index in [1.54, 1.807) is 0 Å². The lowest BCUT2D eigenvalue weighted by atomic mass is 10.1. The van der Waals surface area contributed by atoms with Crippen molar-refractivity contribution in [3.8, 4) is 5.75 Å². The highest BCUT2D eigenvalue weighted by atomic mass is 19.4. The summed E-state index contributed by atoms with van der Waals surface area (Å²) in [5, 5.41) is 2.44. The predicted molar refractivity (Wildman–Crippen MR) is 103 cm³/mol. The molecule has 0 aromatic heterocycles. The van der Waals surface area contributed by atoms with Crippen molar-refractivity contribution in [3.63, 3.8) is 0 Å². The number of nitrogens with one attached hydrogen (secondary N) is 1. The molecular weight excluding hydrogens is 401 g/mol. The highest BCUT2D eigenvalue weighted by Crippen LogP contribution is 2.35. The molecule has 158 valence electrons. The first-order valence-corrected chi connectivity index (χ1v) is 9.32. The average Bonchev–Trinajstić information content (AvgIpc) is 3.04. The van der Waals surface area contributed by atoms with Crippen LogP contribution in [-0.4, -0.2) is 24.3 Å². The van der Waals surface area contributed by atoms with Gasteiger partial charge in [0.25, 0.3) is 5.91 Å². The summed E-state index contributed by atoms with van der Waals surface area (Å²) in [5.74, 6) is -1.33. The monoisotopic (exact) mass is 420 g/mol. The summed E-state index contributed by atoms with van der Waals surface area (Å²) in [5.41, 5.74) is -0.730. The zero-order chi connectivity index (χ0) is 21.9. The number of hydrogen-bond donors (Lipinski definition) is 1. The van der Waals surface area contributed by atoms with E-state index in [2.05, 4.69) is 5.32 Å². The molecule has 0 unspecified atom stereocenters. The molecule has 1 aliphatic heterocycles. The first-order chi connectivity index (χ1) is 14.2. The fraction of sp³-hybridized carbons (Fsp3) is 0.286. The van der Waals surface area contributed by atoms with Crippen LogP contribution in [-0.2, 0) is 15.8 Å². The first-order valence-electron chi connectivity index (χ1n) is 9.32. The second kappa shape index (κ2) is 8.56. The molecule has 0 atom stereocenters. The molecule has 3 rings (SSSR count). The Bertz CT molecular complexity index is 972. The first kappa shape index (κ1) is 21.4. The van der Waals surface area contributed by atoms with Gasteiger partial charge in [-0.1, -0.05) is 13.0 Å². The number of amides is 3. The van der Waals surface area contributed by atoms with Crippen LogP contribution in [0.15, 0.2) is 42.5 Å². The van der Waals surface area contributed by atoms with E-state index in [0.717, 1.165) is 23.1 Å². The fourth-order valence-electron chi connectivity index (χ4n) is 2.99. The molecule has 1 N–H and O–H groups in total. The number of hydrogen-bond acceptors (Lipinski definition) is 4. The number of anilines is 2. The molecular formula is C21H19F3N2O4. The number of carbonyl (C=O) groups excluding carboxylic acids is 3. The van der Waals surface area contributed by atoms with Crippen LogP contribution in [0.4, 0.5) is 24.5 Å². The van der Waals surface area contributed by atoms with Gasteiger partial charge in [0.2, 0.25) is 11.8 Å². The van der Waals surface area contributed by atoms with E-state index in [-0.39, 0.29) is 54.0 Å². The maximum Gasteiger partial charge on any atom is 0.416 e. The summed E-state index contributed by atoms with van der Waals surface area (Å²) in [6, 6.07) is 8.63. The molecule has 0 saturated carbocycles. The normalized spacial score (nSPS) is 14.2. The molecule has 9 heteroatoms. The number of ether oxygens (including phenoxy) is 1. The third-order valence-electron chi connectivity index (χ3n) is 4.43. The molecule has 0 spiro atoms. The number of rotatable bonds is 6. The largest absolute Gasteiger partial charge is 0.491 e. The molecule has 0 aliphatic carbocycles. The Morgan fingerprint density at radius 2 is 1.80 bits per heavy atom. The van der Waals surface area contributed by atoms with Gasteiger partial charge in [-0.25, -0.2) is 0 Å². The zero-order valence-corrected chi connectivity index (χ0v) is 16.1. The van der Waals surface area contributed by atoms with Gasteiger partial charge in [-0.15, -0.1) is 0 Å². The predicted octanol–water partition coefficient (Wildman–Crippen LogP) is 4.40. The molecule has 1 heterocycles. The Morgan fingerprint density at radius 1 is 1.10 bits per heavy atom. The Balaban J connectivity index is 1.89. The van der Waals surface area contributed by atoms with Gasteiger partial charge in [0.15, 0.2) is 0 Å². The molecule has 6 nitrogen and oxygen atoms in total. The fourth-order valence-corrected chi connectivity index (χ4v) is 2.99. The smallest absolute Gasteiger partial charge is 0.416 e. The van der Waals surface area contributed by atoms with Crippen LogP contribution in [0.3, 0.4) is 0 Å². The molecule has 0 radical (unpaired) electrons. The lowest BCUT2D eigenvalue weighted by Gasteiger charge is -2.17. The van der Waals surface area contributed by atoms with E-state index in [9.17, 15) is 27.6 Å². The summed E-state index contributed by atoms with van der Waals surface area (Å²) in [4.78, 5) is 37.5. The Kier molecular flexibility index (Phi) is 6.09. The number of carbonyl (C=O) groups is 3. The molecule has 30 heavy (non-hydrogen) atoms. The van der Waals surface area contributed by atoms with Gasteiger partial charge in [0.05, 0.1) is 23.5 Å². The van der Waals surface area contributed by atoms with E-state index in [0.29, 0.717) is 6.42 Å². The van der Waals surface area contributed by atoms with Crippen LogP contribution in [0.5, 0.6) is 5.75 Å². The molecule has 3 amide bonds. The van der Waals surface area contributed by atoms with Crippen LogP contribution >= 0.6 is 0 Å². The summed E-state index contributed by atoms with van der Waals surface area (Å²) in [7, 11) is 0. The van der Waals surface area contributed by atoms with Crippen molar-refractivity contribution in [2.75, 3.05) is 16.8 Å². The molecule has 2 aromatic carbocycles. The number of imide groups is 1. The van der Waals surface area contributed by atoms with Crippen molar-refractivity contribution < 1.29 is 32.3 Å². The topological polar surface area (TPSA) is 75.7 Å². The van der Waals surface area contributed by atoms with Gasteiger partial charge in [0, 0.05) is 18.4 Å². The summed E-state index contributed by atoms with van der Waals surface area (Å²) in [6.07, 6.45) is -3.76. The van der Waals surface area contributed by atoms with Gasteiger partial charge in [-0.3, -0.25) is 19.3 Å². The van der Waals surface area contributed by atoms with E-state index >= 15 is 0 Å². The van der Waals surface area contributed by atoms with Crippen LogP contribution in [0.2, 0.25) is 0 Å². The molecule has 1 fully saturated rings. The summed E-state index contributed by atoms with van der Waals surface area (Å²) < 4.78 is 44.7. The second-order valence-corrected chi connectivity index (χ2v) is 6.68. The summed E-state index contributed by atoms with van der Waals surface area (Å²) >= 11 is 0. The van der Waals surface area contributed by atoms with Crippen LogP contribution < -0.4 is 15.0 Å². The number of halogens is 3. The number of alkyl halides is 3. The maximum absolute atomic E-state index is 13.1. The number of nitrogens with zero attached hydrogens (tertiary/aromatic N) is 1. The molecule has 2 aromatic rings. The van der Waals surface area contributed by atoms with Gasteiger partial charge >= 0.3 is 6.18 Å². The molecule has 1 saturated heterocycles. The lowest BCUT2D eigenvalue weighted by Crippen LogP contribution is -2.28. The van der Waals surface area contributed by atoms with Crippen molar-refractivity contribution >= 4 is 29.1 Å². The van der Waals surface area contributed by atoms with Gasteiger partial charge in [-0.05, 0) is 42.8 Å². The SMILES string of the molecule is CCCOc1ccc(C(F)(F)F)cc1NC(=O)c1cccc(N2C(=O)CCC2=O)c1. The highest BCUT2D eigenvalue weighted by Gasteiger charge is 2.32. The number of benzene rings is 2. The second-order valence-electron chi connectivity index (χ2n) is 6.68. The van der Waals surface area contributed by atoms with Crippen LogP contribution in [0.25, 0.3) is 0 Å². The lowest BCUT2D eigenvalue weighted by molar-refractivity contribution is -0.137. The van der Waals surface area contributed by atoms with Crippen molar-refractivity contribution in [1.29, 1.82) is 0 Å². The van der Waals surface area contributed by atoms with Crippen LogP contribution in [0, 0.1) is 0 Å². The standard InChI is InChI=1S/C21H19F3N2O4/c1-2-10-30-17-7-6-14(21(22,23)24)12-16(17)25-20(29)13-4-3-5-15(11-13)26-18(27)8-9-19(26)28/h3-7,11-12H,2,8-10H2,1H3,(H,25,29). The average molecular weight is 420 g/mol. The Hall–Kier alpha value is -3.36. The van der Waals surface area contributed by atoms with Crippen molar-refractivity contribution in [2.24, 2.45) is 0 Å². The van der Waals surface area contributed by atoms with E-state index in [1.165, 1.54) is 24.3 Å². The Labute approximate surface area is 170 Å².